The van der Waals surface area contributed by atoms with E-state index in [4.69, 9.17) is 4.74 Å². The predicted molar refractivity (Wildman–Crippen MR) is 115 cm³/mol. The summed E-state index contributed by atoms with van der Waals surface area (Å²) in [5.74, 6) is 0.427. The summed E-state index contributed by atoms with van der Waals surface area (Å²) >= 11 is 0. The second-order valence-corrected chi connectivity index (χ2v) is 7.79. The normalized spacial score (nSPS) is 20.0. The van der Waals surface area contributed by atoms with E-state index in [1.165, 1.54) is 6.07 Å². The van der Waals surface area contributed by atoms with Gasteiger partial charge in [-0.2, -0.15) is 0 Å². The van der Waals surface area contributed by atoms with Crippen LogP contribution in [0.25, 0.3) is 0 Å². The highest BCUT2D eigenvalue weighted by atomic mass is 16.6. The first-order valence-electron chi connectivity index (χ1n) is 10.4. The van der Waals surface area contributed by atoms with E-state index in [0.29, 0.717) is 32.7 Å². The molecule has 1 N–H and O–H groups in total. The molecule has 2 atom stereocenters. The third-order valence-electron chi connectivity index (χ3n) is 5.94. The van der Waals surface area contributed by atoms with Crippen molar-refractivity contribution in [3.05, 3.63) is 52.5 Å². The molecule has 0 radical (unpaired) electrons. The zero-order valence-corrected chi connectivity index (χ0v) is 17.4. The molecule has 1 fully saturated rings. The van der Waals surface area contributed by atoms with Gasteiger partial charge >= 0.3 is 0 Å². The van der Waals surface area contributed by atoms with E-state index in [-0.39, 0.29) is 23.6 Å². The van der Waals surface area contributed by atoms with Gasteiger partial charge in [0, 0.05) is 70.1 Å². The summed E-state index contributed by atoms with van der Waals surface area (Å²) in [6, 6.07) is 4.89. The second kappa shape index (κ2) is 9.25. The number of carbonyl (C=O) groups is 1. The van der Waals surface area contributed by atoms with Crippen molar-refractivity contribution in [2.75, 3.05) is 49.7 Å². The van der Waals surface area contributed by atoms with Crippen LogP contribution in [0.3, 0.4) is 0 Å². The lowest BCUT2D eigenvalue weighted by molar-refractivity contribution is -0.384. The van der Waals surface area contributed by atoms with Crippen LogP contribution in [0.15, 0.2) is 36.8 Å². The largest absolute Gasteiger partial charge is 0.385 e. The lowest BCUT2D eigenvalue weighted by Gasteiger charge is -2.49. The Bertz CT molecular complexity index is 941. The van der Waals surface area contributed by atoms with Gasteiger partial charge < -0.3 is 19.9 Å². The molecule has 0 aliphatic carbocycles. The van der Waals surface area contributed by atoms with Crippen molar-refractivity contribution in [2.45, 2.75) is 18.9 Å². The summed E-state index contributed by atoms with van der Waals surface area (Å²) in [6.45, 7) is 3.17. The molecule has 0 saturated carbocycles. The van der Waals surface area contributed by atoms with Crippen LogP contribution in [0.2, 0.25) is 0 Å². The minimum atomic E-state index is -0.391. The minimum absolute atomic E-state index is 0.0377. The number of nitro benzene ring substituents is 1. The van der Waals surface area contributed by atoms with E-state index >= 15 is 0 Å². The number of piperazine rings is 1. The molecule has 0 bridgehead atoms. The van der Waals surface area contributed by atoms with Gasteiger partial charge in [0.05, 0.1) is 23.1 Å². The third kappa shape index (κ3) is 4.43. The molecule has 1 amide bonds. The number of rotatable bonds is 7. The summed E-state index contributed by atoms with van der Waals surface area (Å²) in [6.07, 6.45) is 6.23. The van der Waals surface area contributed by atoms with Crippen LogP contribution in [-0.2, 0) is 16.0 Å². The SMILES string of the molecule is COCCCNC(=O)[C@H]1Cc2cc([N+](=O)[O-])ccc2N2CCN(c3cnccn3)C[C@H]12. The molecule has 31 heavy (non-hydrogen) atoms. The first-order chi connectivity index (χ1) is 15.1. The van der Waals surface area contributed by atoms with Crippen LogP contribution in [0.5, 0.6) is 0 Å². The zero-order valence-electron chi connectivity index (χ0n) is 17.4. The van der Waals surface area contributed by atoms with E-state index in [1.807, 2.05) is 6.07 Å². The number of benzene rings is 1. The molecule has 2 aliphatic heterocycles. The Balaban J connectivity index is 1.60. The number of nitrogens with one attached hydrogen (secondary N) is 1. The van der Waals surface area contributed by atoms with Crippen molar-refractivity contribution in [3.8, 4) is 0 Å². The molecular weight excluding hydrogens is 400 g/mol. The molecule has 2 aromatic rings. The number of ether oxygens (including phenoxy) is 1. The van der Waals surface area contributed by atoms with Crippen LogP contribution >= 0.6 is 0 Å². The number of amides is 1. The highest BCUT2D eigenvalue weighted by molar-refractivity contribution is 5.82. The van der Waals surface area contributed by atoms with Crippen LogP contribution in [-0.4, -0.2) is 66.7 Å². The minimum Gasteiger partial charge on any atom is -0.385 e. The Labute approximate surface area is 180 Å². The molecule has 1 aromatic carbocycles. The van der Waals surface area contributed by atoms with Gasteiger partial charge in [0.2, 0.25) is 5.91 Å². The molecule has 2 aliphatic rings. The first-order valence-corrected chi connectivity index (χ1v) is 10.4. The first kappa shape index (κ1) is 21.0. The standard InChI is InChI=1S/C21H26N6O4/c1-31-10-2-5-24-21(28)17-12-15-11-16(27(29)30)3-4-18(15)26-9-8-25(14-19(17)26)20-13-22-6-7-23-20/h3-4,6-7,11,13,17,19H,2,5,8-10,12,14H2,1H3,(H,24,28)/t17-,19+/m0/s1. The Morgan fingerprint density at radius 3 is 2.97 bits per heavy atom. The summed E-state index contributed by atoms with van der Waals surface area (Å²) in [4.78, 5) is 36.9. The van der Waals surface area contributed by atoms with E-state index in [9.17, 15) is 14.9 Å². The lowest BCUT2D eigenvalue weighted by atomic mass is 9.83. The number of non-ortho nitro benzene ring substituents is 1. The van der Waals surface area contributed by atoms with Crippen LogP contribution in [0.4, 0.5) is 17.2 Å². The Morgan fingerprint density at radius 2 is 2.23 bits per heavy atom. The van der Waals surface area contributed by atoms with Crippen molar-refractivity contribution in [1.82, 2.24) is 15.3 Å². The van der Waals surface area contributed by atoms with Gasteiger partial charge in [0.25, 0.3) is 5.69 Å². The van der Waals surface area contributed by atoms with Gasteiger partial charge in [0.1, 0.15) is 5.82 Å². The van der Waals surface area contributed by atoms with Gasteiger partial charge in [-0.05, 0) is 24.5 Å². The smallest absolute Gasteiger partial charge is 0.269 e. The molecule has 4 rings (SSSR count). The number of hydrogen-bond acceptors (Lipinski definition) is 8. The molecule has 164 valence electrons. The number of aromatic nitrogens is 2. The summed E-state index contributed by atoms with van der Waals surface area (Å²) in [5.41, 5.74) is 1.86. The van der Waals surface area contributed by atoms with Gasteiger partial charge in [-0.3, -0.25) is 19.9 Å². The molecule has 1 aromatic heterocycles. The van der Waals surface area contributed by atoms with Crippen molar-refractivity contribution in [3.63, 3.8) is 0 Å². The van der Waals surface area contributed by atoms with Gasteiger partial charge in [0.15, 0.2) is 0 Å². The van der Waals surface area contributed by atoms with Crippen molar-refractivity contribution >= 4 is 23.1 Å². The number of hydrogen-bond donors (Lipinski definition) is 1. The fourth-order valence-corrected chi connectivity index (χ4v) is 4.44. The summed E-state index contributed by atoms with van der Waals surface area (Å²) in [7, 11) is 1.63. The highest BCUT2D eigenvalue weighted by Gasteiger charge is 2.42. The summed E-state index contributed by atoms with van der Waals surface area (Å²) in [5, 5.41) is 14.3. The lowest BCUT2D eigenvalue weighted by Crippen LogP contribution is -2.61. The molecule has 10 nitrogen and oxygen atoms in total. The topological polar surface area (TPSA) is 114 Å². The number of nitro groups is 1. The van der Waals surface area contributed by atoms with E-state index in [0.717, 1.165) is 30.0 Å². The zero-order chi connectivity index (χ0) is 21.8. The Kier molecular flexibility index (Phi) is 6.26. The van der Waals surface area contributed by atoms with Crippen molar-refractivity contribution in [1.29, 1.82) is 0 Å². The average molecular weight is 426 g/mol. The van der Waals surface area contributed by atoms with Crippen molar-refractivity contribution < 1.29 is 14.5 Å². The van der Waals surface area contributed by atoms with Gasteiger partial charge in [-0.15, -0.1) is 0 Å². The molecule has 1 saturated heterocycles. The maximum atomic E-state index is 13.1. The quantitative estimate of drug-likeness (QED) is 0.402. The predicted octanol–water partition coefficient (Wildman–Crippen LogP) is 1.40. The van der Waals surface area contributed by atoms with Crippen LogP contribution in [0.1, 0.15) is 12.0 Å². The van der Waals surface area contributed by atoms with E-state index in [1.54, 1.807) is 31.8 Å². The Hall–Kier alpha value is -3.27. The van der Waals surface area contributed by atoms with Gasteiger partial charge in [-0.1, -0.05) is 0 Å². The molecule has 0 spiro atoms. The maximum Gasteiger partial charge on any atom is 0.269 e. The average Bonchev–Trinajstić information content (AvgIpc) is 2.81. The number of carbonyl (C=O) groups excluding carboxylic acids is 1. The Morgan fingerprint density at radius 1 is 1.35 bits per heavy atom. The van der Waals surface area contributed by atoms with Crippen LogP contribution < -0.4 is 15.1 Å². The van der Waals surface area contributed by atoms with Crippen LogP contribution in [0, 0.1) is 16.0 Å². The summed E-state index contributed by atoms with van der Waals surface area (Å²) < 4.78 is 5.06. The molecule has 10 heteroatoms. The number of methoxy groups -OCH3 is 1. The monoisotopic (exact) mass is 426 g/mol. The number of nitrogens with zero attached hydrogens (tertiary/aromatic N) is 5. The number of anilines is 2. The van der Waals surface area contributed by atoms with Crippen molar-refractivity contribution in [2.24, 2.45) is 5.92 Å². The maximum absolute atomic E-state index is 13.1. The second-order valence-electron chi connectivity index (χ2n) is 7.79. The third-order valence-corrected chi connectivity index (χ3v) is 5.94. The fourth-order valence-electron chi connectivity index (χ4n) is 4.44. The fraction of sp³-hybridized carbons (Fsp3) is 0.476. The number of fused-ring (bicyclic) bond motifs is 3. The van der Waals surface area contributed by atoms with E-state index in [2.05, 4.69) is 25.1 Å². The molecule has 3 heterocycles. The van der Waals surface area contributed by atoms with Gasteiger partial charge in [-0.25, -0.2) is 4.98 Å². The highest BCUT2D eigenvalue weighted by Crippen LogP contribution is 2.38. The molecular formula is C21H26N6O4. The molecule has 0 unspecified atom stereocenters. The van der Waals surface area contributed by atoms with E-state index < -0.39 is 4.92 Å².